The molecule has 0 rings (SSSR count). The zero-order valence-corrected chi connectivity index (χ0v) is 14.2. The largest absolute Gasteiger partial charge is 0.462 e. The number of hydrogen-bond donors (Lipinski definition) is 0. The fraction of sp³-hybridized carbons (Fsp3) is 0.812. The van der Waals surface area contributed by atoms with Gasteiger partial charge in [0.25, 0.3) is 0 Å². The van der Waals surface area contributed by atoms with Crippen molar-refractivity contribution in [3.63, 3.8) is 0 Å². The first-order valence-electron chi connectivity index (χ1n) is 7.25. The zero-order chi connectivity index (χ0) is 16.8. The number of Topliss-reactive ketones (excluding diaryl/α,β-unsaturated/α-hetero) is 1. The van der Waals surface area contributed by atoms with E-state index in [1.54, 1.807) is 0 Å². The van der Waals surface area contributed by atoms with E-state index in [1.165, 1.54) is 6.92 Å². The maximum atomic E-state index is 12.4. The van der Waals surface area contributed by atoms with E-state index >= 15 is 0 Å². The van der Waals surface area contributed by atoms with E-state index in [2.05, 4.69) is 0 Å². The van der Waals surface area contributed by atoms with Gasteiger partial charge in [0.1, 0.15) is 25.4 Å². The Morgan fingerprint density at radius 1 is 0.952 bits per heavy atom. The van der Waals surface area contributed by atoms with Gasteiger partial charge in [-0.15, -0.1) is 0 Å². The summed E-state index contributed by atoms with van der Waals surface area (Å²) in [5, 5.41) is 0. The molecule has 0 saturated carbocycles. The summed E-state index contributed by atoms with van der Waals surface area (Å²) >= 11 is 0. The maximum absolute atomic E-state index is 12.4. The minimum atomic E-state index is -0.629. The molecule has 5 nitrogen and oxygen atoms in total. The molecule has 0 aromatic heterocycles. The van der Waals surface area contributed by atoms with Crippen molar-refractivity contribution < 1.29 is 23.9 Å². The molecule has 1 atom stereocenters. The van der Waals surface area contributed by atoms with Gasteiger partial charge in [-0.3, -0.25) is 14.4 Å². The molecule has 0 bridgehead atoms. The van der Waals surface area contributed by atoms with E-state index in [0.29, 0.717) is 0 Å². The number of ketones is 1. The van der Waals surface area contributed by atoms with Crippen LogP contribution in [0.5, 0.6) is 0 Å². The summed E-state index contributed by atoms with van der Waals surface area (Å²) in [6.07, 6.45) is -0.250. The van der Waals surface area contributed by atoms with Crippen molar-refractivity contribution in [2.24, 2.45) is 16.7 Å². The second-order valence-electron chi connectivity index (χ2n) is 6.84. The molecule has 0 aromatic carbocycles. The molecule has 0 heterocycles. The van der Waals surface area contributed by atoms with Gasteiger partial charge >= 0.3 is 11.9 Å². The summed E-state index contributed by atoms with van der Waals surface area (Å²) in [5.41, 5.74) is -0.875. The van der Waals surface area contributed by atoms with Gasteiger partial charge < -0.3 is 9.47 Å². The van der Waals surface area contributed by atoms with Crippen molar-refractivity contribution >= 4 is 17.7 Å². The van der Waals surface area contributed by atoms with Crippen LogP contribution >= 0.6 is 0 Å². The molecular formula is C16H28O5. The van der Waals surface area contributed by atoms with E-state index in [0.717, 1.165) is 0 Å². The summed E-state index contributed by atoms with van der Waals surface area (Å²) in [6, 6.07) is 0. The van der Waals surface area contributed by atoms with E-state index in [-0.39, 0.29) is 42.7 Å². The molecule has 0 radical (unpaired) electrons. The summed E-state index contributed by atoms with van der Waals surface area (Å²) in [6.45, 7) is 13.2. The Labute approximate surface area is 127 Å². The van der Waals surface area contributed by atoms with Crippen LogP contribution in [-0.2, 0) is 23.9 Å². The predicted octanol–water partition coefficient (Wildman–Crippen LogP) is 2.76. The Morgan fingerprint density at radius 2 is 1.43 bits per heavy atom. The van der Waals surface area contributed by atoms with Gasteiger partial charge in [-0.2, -0.15) is 0 Å². The fourth-order valence-electron chi connectivity index (χ4n) is 2.10. The summed E-state index contributed by atoms with van der Waals surface area (Å²) in [4.78, 5) is 34.3. The van der Waals surface area contributed by atoms with Gasteiger partial charge in [-0.05, 0) is 25.2 Å². The molecule has 0 fully saturated rings. The lowest BCUT2D eigenvalue weighted by atomic mass is 9.62. The highest BCUT2D eigenvalue weighted by molar-refractivity contribution is 5.94. The fourth-order valence-corrected chi connectivity index (χ4v) is 2.10. The Morgan fingerprint density at radius 3 is 1.81 bits per heavy atom. The molecule has 0 aromatic rings. The van der Waals surface area contributed by atoms with Gasteiger partial charge in [-0.25, -0.2) is 0 Å². The van der Waals surface area contributed by atoms with E-state index in [4.69, 9.17) is 9.47 Å². The van der Waals surface area contributed by atoms with Gasteiger partial charge in [-0.1, -0.05) is 34.6 Å². The van der Waals surface area contributed by atoms with Crippen molar-refractivity contribution in [2.75, 3.05) is 13.2 Å². The molecule has 0 aliphatic rings. The number of esters is 2. The van der Waals surface area contributed by atoms with Crippen LogP contribution in [0.3, 0.4) is 0 Å². The van der Waals surface area contributed by atoms with Crippen LogP contribution in [0, 0.1) is 16.7 Å². The highest BCUT2D eigenvalue weighted by atomic mass is 16.6. The molecule has 5 heteroatoms. The molecule has 0 aliphatic heterocycles. The predicted molar refractivity (Wildman–Crippen MR) is 79.6 cm³/mol. The third-order valence-electron chi connectivity index (χ3n) is 4.11. The molecular weight excluding hydrogens is 272 g/mol. The Balaban J connectivity index is 4.43. The van der Waals surface area contributed by atoms with Crippen LogP contribution in [0.15, 0.2) is 0 Å². The lowest BCUT2D eigenvalue weighted by Crippen LogP contribution is -2.46. The van der Waals surface area contributed by atoms with Crippen LogP contribution in [0.4, 0.5) is 0 Å². The van der Waals surface area contributed by atoms with E-state index < -0.39 is 11.4 Å². The lowest BCUT2D eigenvalue weighted by Gasteiger charge is -2.42. The van der Waals surface area contributed by atoms with Crippen LogP contribution in [0.1, 0.15) is 54.9 Å². The number of hydrogen-bond acceptors (Lipinski definition) is 5. The Kier molecular flexibility index (Phi) is 7.07. The topological polar surface area (TPSA) is 69.7 Å². The third kappa shape index (κ3) is 5.48. The van der Waals surface area contributed by atoms with Gasteiger partial charge in [0, 0.05) is 0 Å². The molecule has 0 aliphatic carbocycles. The van der Waals surface area contributed by atoms with Crippen molar-refractivity contribution in [1.29, 1.82) is 0 Å². The van der Waals surface area contributed by atoms with Gasteiger partial charge in [0.15, 0.2) is 0 Å². The standard InChI is InChI=1S/C16H28O5/c1-11(2)16(7,15(4,5)6)14(19)21-9-8-20-13(18)10-12(3)17/h11H,8-10H2,1-7H3. The second kappa shape index (κ2) is 7.57. The third-order valence-corrected chi connectivity index (χ3v) is 4.11. The highest BCUT2D eigenvalue weighted by Crippen LogP contribution is 2.45. The van der Waals surface area contributed by atoms with Crippen molar-refractivity contribution in [3.8, 4) is 0 Å². The first kappa shape index (κ1) is 19.6. The van der Waals surface area contributed by atoms with Crippen molar-refractivity contribution in [3.05, 3.63) is 0 Å². The van der Waals surface area contributed by atoms with Crippen LogP contribution in [-0.4, -0.2) is 30.9 Å². The highest BCUT2D eigenvalue weighted by Gasteiger charge is 2.47. The lowest BCUT2D eigenvalue weighted by molar-refractivity contribution is -0.169. The first-order valence-corrected chi connectivity index (χ1v) is 7.25. The van der Waals surface area contributed by atoms with Crippen LogP contribution < -0.4 is 0 Å². The smallest absolute Gasteiger partial charge is 0.313 e. The minimum absolute atomic E-state index is 0.000861. The molecule has 21 heavy (non-hydrogen) atoms. The normalized spacial score (nSPS) is 14.5. The molecule has 0 saturated heterocycles. The second-order valence-corrected chi connectivity index (χ2v) is 6.84. The maximum Gasteiger partial charge on any atom is 0.313 e. The quantitative estimate of drug-likeness (QED) is 0.411. The van der Waals surface area contributed by atoms with E-state index in [1.807, 2.05) is 41.5 Å². The van der Waals surface area contributed by atoms with Crippen molar-refractivity contribution in [1.82, 2.24) is 0 Å². The summed E-state index contributed by atoms with van der Waals surface area (Å²) in [7, 11) is 0. The molecule has 0 amide bonds. The van der Waals surface area contributed by atoms with E-state index in [9.17, 15) is 14.4 Å². The van der Waals surface area contributed by atoms with Crippen LogP contribution in [0.25, 0.3) is 0 Å². The first-order chi connectivity index (χ1) is 9.42. The van der Waals surface area contributed by atoms with Crippen LogP contribution in [0.2, 0.25) is 0 Å². The van der Waals surface area contributed by atoms with Gasteiger partial charge in [0.05, 0.1) is 5.41 Å². The average Bonchev–Trinajstić information content (AvgIpc) is 2.30. The number of carbonyl (C=O) groups is 3. The number of carbonyl (C=O) groups excluding carboxylic acids is 3. The van der Waals surface area contributed by atoms with Crippen molar-refractivity contribution in [2.45, 2.75) is 54.9 Å². The molecule has 1 unspecified atom stereocenters. The molecule has 0 N–H and O–H groups in total. The summed E-state index contributed by atoms with van der Waals surface area (Å²) in [5.74, 6) is -1.03. The minimum Gasteiger partial charge on any atom is -0.462 e. The summed E-state index contributed by atoms with van der Waals surface area (Å²) < 4.78 is 10.1. The Bertz CT molecular complexity index is 392. The number of rotatable bonds is 7. The number of ether oxygens (including phenoxy) is 2. The SMILES string of the molecule is CC(=O)CC(=O)OCCOC(=O)C(C)(C(C)C)C(C)(C)C. The average molecular weight is 300 g/mol. The monoisotopic (exact) mass is 300 g/mol. The van der Waals surface area contributed by atoms with Gasteiger partial charge in [0.2, 0.25) is 0 Å². The zero-order valence-electron chi connectivity index (χ0n) is 14.2. The Hall–Kier alpha value is -1.39. The molecule has 122 valence electrons. The molecule has 0 spiro atoms.